The molecule has 2 rings (SSSR count). The maximum absolute atomic E-state index is 12.0. The van der Waals surface area contributed by atoms with Gasteiger partial charge in [-0.3, -0.25) is 4.79 Å². The number of carbonyl (C=O) groups is 1. The molecule has 2 aliphatic rings. The van der Waals surface area contributed by atoms with E-state index in [4.69, 9.17) is 0 Å². The topological polar surface area (TPSA) is 20.3 Å². The lowest BCUT2D eigenvalue weighted by atomic mass is 9.78. The van der Waals surface area contributed by atoms with Gasteiger partial charge in [0, 0.05) is 25.4 Å². The van der Waals surface area contributed by atoms with Gasteiger partial charge >= 0.3 is 0 Å². The third-order valence-electron chi connectivity index (χ3n) is 4.56. The van der Waals surface area contributed by atoms with Gasteiger partial charge in [-0.1, -0.05) is 26.7 Å². The van der Waals surface area contributed by atoms with E-state index in [0.717, 1.165) is 37.6 Å². The first-order valence-corrected chi connectivity index (χ1v) is 7.44. The van der Waals surface area contributed by atoms with Crippen molar-refractivity contribution < 1.29 is 4.79 Å². The zero-order valence-electron chi connectivity index (χ0n) is 11.5. The summed E-state index contributed by atoms with van der Waals surface area (Å²) in [5.41, 5.74) is 0. The highest BCUT2D eigenvalue weighted by Gasteiger charge is 2.31. The Hall–Kier alpha value is -0.370. The molecule has 0 N–H and O–H groups in total. The summed E-state index contributed by atoms with van der Waals surface area (Å²) in [5.74, 6) is 2.55. The number of rotatable bonds is 4. The van der Waals surface area contributed by atoms with Crippen LogP contribution < -0.4 is 0 Å². The Balaban J connectivity index is 1.83. The van der Waals surface area contributed by atoms with Crippen LogP contribution in [0, 0.1) is 17.8 Å². The smallest absolute Gasteiger partial charge is 0.137 e. The number of hydrogen-bond donors (Lipinski definition) is 0. The highest BCUT2D eigenvalue weighted by Crippen LogP contribution is 2.31. The lowest BCUT2D eigenvalue weighted by Gasteiger charge is -2.30. The maximum Gasteiger partial charge on any atom is 0.137 e. The lowest BCUT2D eigenvalue weighted by Crippen LogP contribution is -2.35. The van der Waals surface area contributed by atoms with E-state index in [1.165, 1.54) is 32.4 Å². The first kappa shape index (κ1) is 13.1. The van der Waals surface area contributed by atoms with Crippen LogP contribution in [0.3, 0.4) is 0 Å². The fourth-order valence-corrected chi connectivity index (χ4v) is 3.55. The van der Waals surface area contributed by atoms with Crippen molar-refractivity contribution in [2.45, 2.75) is 52.4 Å². The number of hydrogen-bond acceptors (Lipinski definition) is 2. The van der Waals surface area contributed by atoms with Gasteiger partial charge in [-0.15, -0.1) is 0 Å². The molecule has 98 valence electrons. The van der Waals surface area contributed by atoms with Crippen LogP contribution in [0.4, 0.5) is 0 Å². The van der Waals surface area contributed by atoms with Gasteiger partial charge in [-0.25, -0.2) is 0 Å². The van der Waals surface area contributed by atoms with Crippen molar-refractivity contribution in [2.75, 3.05) is 19.6 Å². The molecule has 0 amide bonds. The van der Waals surface area contributed by atoms with E-state index in [1.807, 2.05) is 0 Å². The molecular formula is C15H27NO. The van der Waals surface area contributed by atoms with Crippen LogP contribution in [0.1, 0.15) is 52.4 Å². The Bertz CT molecular complexity index is 264. The molecule has 1 saturated carbocycles. The molecule has 0 aromatic rings. The third kappa shape index (κ3) is 3.54. The molecule has 1 aliphatic carbocycles. The van der Waals surface area contributed by atoms with Crippen LogP contribution in [-0.4, -0.2) is 30.3 Å². The van der Waals surface area contributed by atoms with Gasteiger partial charge in [-0.2, -0.15) is 0 Å². The van der Waals surface area contributed by atoms with Gasteiger partial charge in [0.1, 0.15) is 5.78 Å². The second-order valence-corrected chi connectivity index (χ2v) is 6.25. The van der Waals surface area contributed by atoms with Crippen LogP contribution in [0.2, 0.25) is 0 Å². The zero-order chi connectivity index (χ0) is 12.3. The largest absolute Gasteiger partial charge is 0.302 e. The van der Waals surface area contributed by atoms with Crippen molar-refractivity contribution in [1.82, 2.24) is 4.90 Å². The van der Waals surface area contributed by atoms with Gasteiger partial charge in [0.25, 0.3) is 0 Å². The Morgan fingerprint density at radius 3 is 2.82 bits per heavy atom. The SMILES string of the molecule is CCCC1CCC(=O)C(CN2CCC(C)C2)C1. The fourth-order valence-electron chi connectivity index (χ4n) is 3.55. The van der Waals surface area contributed by atoms with Gasteiger partial charge < -0.3 is 4.90 Å². The average molecular weight is 237 g/mol. The van der Waals surface area contributed by atoms with Crippen LogP contribution in [0.25, 0.3) is 0 Å². The molecule has 2 fully saturated rings. The minimum atomic E-state index is 0.352. The molecule has 0 aromatic heterocycles. The van der Waals surface area contributed by atoms with E-state index in [0.29, 0.717) is 11.7 Å². The standard InChI is InChI=1S/C15H27NO/c1-3-4-13-5-6-15(17)14(9-13)11-16-8-7-12(2)10-16/h12-14H,3-11H2,1-2H3. The first-order chi connectivity index (χ1) is 8.19. The Kier molecular flexibility index (Phi) is 4.61. The van der Waals surface area contributed by atoms with Gasteiger partial charge in [0.15, 0.2) is 0 Å². The van der Waals surface area contributed by atoms with E-state index in [9.17, 15) is 4.79 Å². The van der Waals surface area contributed by atoms with E-state index in [2.05, 4.69) is 18.7 Å². The van der Waals surface area contributed by atoms with Crippen molar-refractivity contribution in [2.24, 2.45) is 17.8 Å². The molecule has 0 bridgehead atoms. The minimum Gasteiger partial charge on any atom is -0.302 e. The molecule has 0 spiro atoms. The predicted octanol–water partition coefficient (Wildman–Crippen LogP) is 3.11. The number of ketones is 1. The molecular weight excluding hydrogens is 210 g/mol. The third-order valence-corrected chi connectivity index (χ3v) is 4.56. The van der Waals surface area contributed by atoms with E-state index in [1.54, 1.807) is 0 Å². The molecule has 3 unspecified atom stereocenters. The Labute approximate surface area is 106 Å². The van der Waals surface area contributed by atoms with Crippen molar-refractivity contribution in [3.63, 3.8) is 0 Å². The molecule has 1 aliphatic heterocycles. The number of nitrogens with zero attached hydrogens (tertiary/aromatic N) is 1. The first-order valence-electron chi connectivity index (χ1n) is 7.44. The fraction of sp³-hybridized carbons (Fsp3) is 0.933. The average Bonchev–Trinajstić information content (AvgIpc) is 2.69. The summed E-state index contributed by atoms with van der Waals surface area (Å²) in [6.45, 7) is 8.05. The van der Waals surface area contributed by atoms with Crippen LogP contribution in [0.5, 0.6) is 0 Å². The molecule has 1 saturated heterocycles. The monoisotopic (exact) mass is 237 g/mol. The highest BCUT2D eigenvalue weighted by atomic mass is 16.1. The molecule has 3 atom stereocenters. The molecule has 2 heteroatoms. The number of likely N-dealkylation sites (tertiary alicyclic amines) is 1. The summed E-state index contributed by atoms with van der Waals surface area (Å²) in [7, 11) is 0. The van der Waals surface area contributed by atoms with Crippen molar-refractivity contribution >= 4 is 5.78 Å². The van der Waals surface area contributed by atoms with E-state index < -0.39 is 0 Å². The maximum atomic E-state index is 12.0. The summed E-state index contributed by atoms with van der Waals surface area (Å²) >= 11 is 0. The summed E-state index contributed by atoms with van der Waals surface area (Å²) in [4.78, 5) is 14.5. The zero-order valence-corrected chi connectivity index (χ0v) is 11.5. The van der Waals surface area contributed by atoms with Gasteiger partial charge in [0.05, 0.1) is 0 Å². The van der Waals surface area contributed by atoms with Gasteiger partial charge in [-0.05, 0) is 37.6 Å². The summed E-state index contributed by atoms with van der Waals surface area (Å²) in [5, 5.41) is 0. The normalized spacial score (nSPS) is 35.4. The minimum absolute atomic E-state index is 0.352. The molecule has 1 heterocycles. The Morgan fingerprint density at radius 1 is 1.35 bits per heavy atom. The quantitative estimate of drug-likeness (QED) is 0.749. The van der Waals surface area contributed by atoms with Gasteiger partial charge in [0.2, 0.25) is 0 Å². The lowest BCUT2D eigenvalue weighted by molar-refractivity contribution is -0.126. The molecule has 0 aromatic carbocycles. The molecule has 2 nitrogen and oxygen atoms in total. The number of Topliss-reactive ketones (excluding diaryl/α,β-unsaturated/α-hetero) is 1. The highest BCUT2D eigenvalue weighted by molar-refractivity contribution is 5.81. The molecule has 17 heavy (non-hydrogen) atoms. The van der Waals surface area contributed by atoms with Crippen molar-refractivity contribution in [3.8, 4) is 0 Å². The Morgan fingerprint density at radius 2 is 2.18 bits per heavy atom. The van der Waals surface area contributed by atoms with Crippen LogP contribution >= 0.6 is 0 Å². The number of carbonyl (C=O) groups excluding carboxylic acids is 1. The van der Waals surface area contributed by atoms with E-state index in [-0.39, 0.29) is 0 Å². The second-order valence-electron chi connectivity index (χ2n) is 6.25. The van der Waals surface area contributed by atoms with Crippen LogP contribution in [-0.2, 0) is 4.79 Å². The molecule has 0 radical (unpaired) electrons. The summed E-state index contributed by atoms with van der Waals surface area (Å²) in [6.07, 6.45) is 7.07. The predicted molar refractivity (Wildman–Crippen MR) is 71.0 cm³/mol. The summed E-state index contributed by atoms with van der Waals surface area (Å²) in [6, 6.07) is 0. The second kappa shape index (κ2) is 5.99. The van der Waals surface area contributed by atoms with E-state index >= 15 is 0 Å². The van der Waals surface area contributed by atoms with Crippen molar-refractivity contribution in [3.05, 3.63) is 0 Å². The van der Waals surface area contributed by atoms with Crippen molar-refractivity contribution in [1.29, 1.82) is 0 Å². The summed E-state index contributed by atoms with van der Waals surface area (Å²) < 4.78 is 0. The van der Waals surface area contributed by atoms with Crippen LogP contribution in [0.15, 0.2) is 0 Å².